The van der Waals surface area contributed by atoms with E-state index in [-0.39, 0.29) is 0 Å². The summed E-state index contributed by atoms with van der Waals surface area (Å²) in [6, 6.07) is 9.44. The highest BCUT2D eigenvalue weighted by atomic mass is 79.9. The van der Waals surface area contributed by atoms with E-state index < -0.39 is 11.7 Å². The van der Waals surface area contributed by atoms with Crippen LogP contribution in [0.25, 0.3) is 11.1 Å². The van der Waals surface area contributed by atoms with Crippen LogP contribution in [0.15, 0.2) is 36.4 Å². The Labute approximate surface area is 141 Å². The van der Waals surface area contributed by atoms with Crippen molar-refractivity contribution in [3.63, 3.8) is 0 Å². The van der Waals surface area contributed by atoms with Gasteiger partial charge >= 0.3 is 6.18 Å². The Hall–Kier alpha value is -1.00. The maximum Gasteiger partial charge on any atom is 0.416 e. The Bertz CT molecular complexity index is 678. The lowest BCUT2D eigenvalue weighted by atomic mass is 9.94. The molecule has 0 N–H and O–H groups in total. The SMILES string of the molecule is CC(C)c1ccc(Cl)c(-c2ccc(C(F)(F)F)cc2CBr)c1. The van der Waals surface area contributed by atoms with Crippen LogP contribution in [-0.4, -0.2) is 0 Å². The van der Waals surface area contributed by atoms with Gasteiger partial charge in [0.1, 0.15) is 0 Å². The number of hydrogen-bond acceptors (Lipinski definition) is 0. The molecule has 0 amide bonds. The number of hydrogen-bond donors (Lipinski definition) is 0. The normalized spacial score (nSPS) is 12.0. The molecule has 0 saturated heterocycles. The topological polar surface area (TPSA) is 0 Å². The quantitative estimate of drug-likeness (QED) is 0.492. The minimum Gasteiger partial charge on any atom is -0.166 e. The minimum atomic E-state index is -4.35. The van der Waals surface area contributed by atoms with Gasteiger partial charge in [-0.15, -0.1) is 0 Å². The maximum absolute atomic E-state index is 12.8. The summed E-state index contributed by atoms with van der Waals surface area (Å²) in [5.74, 6) is 0.317. The molecule has 22 heavy (non-hydrogen) atoms. The van der Waals surface area contributed by atoms with Crippen molar-refractivity contribution in [1.29, 1.82) is 0 Å². The molecule has 0 atom stereocenters. The first-order valence-electron chi connectivity index (χ1n) is 6.80. The van der Waals surface area contributed by atoms with E-state index >= 15 is 0 Å². The Morgan fingerprint density at radius 3 is 2.27 bits per heavy atom. The van der Waals surface area contributed by atoms with E-state index in [1.165, 1.54) is 12.1 Å². The highest BCUT2D eigenvalue weighted by molar-refractivity contribution is 9.08. The molecule has 0 bridgehead atoms. The fourth-order valence-electron chi connectivity index (χ4n) is 2.25. The van der Waals surface area contributed by atoms with Gasteiger partial charge in [-0.25, -0.2) is 0 Å². The fraction of sp³-hybridized carbons (Fsp3) is 0.294. The van der Waals surface area contributed by atoms with Gasteiger partial charge in [0.2, 0.25) is 0 Å². The highest BCUT2D eigenvalue weighted by Gasteiger charge is 2.31. The van der Waals surface area contributed by atoms with E-state index in [2.05, 4.69) is 29.8 Å². The smallest absolute Gasteiger partial charge is 0.166 e. The summed E-state index contributed by atoms with van der Waals surface area (Å²) in [4.78, 5) is 0. The first kappa shape index (κ1) is 17.4. The molecule has 2 aromatic carbocycles. The van der Waals surface area contributed by atoms with Crippen molar-refractivity contribution in [3.8, 4) is 11.1 Å². The van der Waals surface area contributed by atoms with Crippen molar-refractivity contribution >= 4 is 27.5 Å². The third-order valence-corrected chi connectivity index (χ3v) is 4.46. The summed E-state index contributed by atoms with van der Waals surface area (Å²) < 4.78 is 38.5. The van der Waals surface area contributed by atoms with Gasteiger partial charge in [0.05, 0.1) is 5.56 Å². The molecule has 0 aliphatic heterocycles. The van der Waals surface area contributed by atoms with Crippen molar-refractivity contribution in [3.05, 3.63) is 58.1 Å². The van der Waals surface area contributed by atoms with Crippen LogP contribution >= 0.6 is 27.5 Å². The Kier molecular flexibility index (Phi) is 5.23. The van der Waals surface area contributed by atoms with Gasteiger partial charge in [-0.3, -0.25) is 0 Å². The lowest BCUT2D eigenvalue weighted by Crippen LogP contribution is -2.05. The molecule has 0 fully saturated rings. The third kappa shape index (κ3) is 3.66. The van der Waals surface area contributed by atoms with Crippen LogP contribution in [0.2, 0.25) is 5.02 Å². The molecular weight excluding hydrogens is 377 g/mol. The fourth-order valence-corrected chi connectivity index (χ4v) is 2.94. The van der Waals surface area contributed by atoms with Crippen molar-refractivity contribution < 1.29 is 13.2 Å². The first-order chi connectivity index (χ1) is 10.2. The molecule has 118 valence electrons. The summed E-state index contributed by atoms with van der Waals surface area (Å²) in [6.07, 6.45) is -4.35. The zero-order valence-electron chi connectivity index (χ0n) is 12.1. The van der Waals surface area contributed by atoms with Gasteiger partial charge in [-0.05, 0) is 46.9 Å². The van der Waals surface area contributed by atoms with Crippen LogP contribution < -0.4 is 0 Å². The molecule has 0 aliphatic rings. The molecule has 5 heteroatoms. The Balaban J connectivity index is 2.60. The Morgan fingerprint density at radius 1 is 1.05 bits per heavy atom. The van der Waals surface area contributed by atoms with Gasteiger partial charge in [0.25, 0.3) is 0 Å². The van der Waals surface area contributed by atoms with Crippen LogP contribution in [0.5, 0.6) is 0 Å². The molecular formula is C17H15BrClF3. The molecule has 0 aliphatic carbocycles. The molecule has 0 unspecified atom stereocenters. The van der Waals surface area contributed by atoms with E-state index in [0.29, 0.717) is 21.8 Å². The van der Waals surface area contributed by atoms with Crippen LogP contribution in [0.4, 0.5) is 13.2 Å². The van der Waals surface area contributed by atoms with Gasteiger partial charge in [0.15, 0.2) is 0 Å². The van der Waals surface area contributed by atoms with E-state index in [9.17, 15) is 13.2 Å². The summed E-state index contributed by atoms with van der Waals surface area (Å²) in [6.45, 7) is 4.12. The molecule has 0 nitrogen and oxygen atoms in total. The Morgan fingerprint density at radius 2 is 1.73 bits per heavy atom. The third-order valence-electron chi connectivity index (χ3n) is 3.52. The van der Waals surface area contributed by atoms with E-state index in [4.69, 9.17) is 11.6 Å². The van der Waals surface area contributed by atoms with Gasteiger partial charge < -0.3 is 0 Å². The van der Waals surface area contributed by atoms with Crippen LogP contribution in [0.3, 0.4) is 0 Å². The standard InChI is InChI=1S/C17H15BrClF3/c1-10(2)11-3-6-16(19)15(8-11)14-5-4-13(17(20,21)22)7-12(14)9-18/h3-8,10H,9H2,1-2H3. The number of halogens is 5. The van der Waals surface area contributed by atoms with Gasteiger partial charge in [-0.2, -0.15) is 13.2 Å². The van der Waals surface area contributed by atoms with Crippen molar-refractivity contribution in [2.75, 3.05) is 0 Å². The predicted molar refractivity (Wildman–Crippen MR) is 88.6 cm³/mol. The van der Waals surface area contributed by atoms with Gasteiger partial charge in [-0.1, -0.05) is 53.5 Å². The monoisotopic (exact) mass is 390 g/mol. The molecule has 0 radical (unpaired) electrons. The second kappa shape index (κ2) is 6.63. The maximum atomic E-state index is 12.8. The zero-order valence-corrected chi connectivity index (χ0v) is 14.5. The zero-order chi connectivity index (χ0) is 16.5. The average molecular weight is 392 g/mol. The second-order valence-corrected chi connectivity index (χ2v) is 6.37. The molecule has 0 aromatic heterocycles. The van der Waals surface area contributed by atoms with Crippen molar-refractivity contribution in [1.82, 2.24) is 0 Å². The lowest BCUT2D eigenvalue weighted by molar-refractivity contribution is -0.137. The average Bonchev–Trinajstić information content (AvgIpc) is 2.46. The highest BCUT2D eigenvalue weighted by Crippen LogP contribution is 2.37. The molecule has 2 rings (SSSR count). The molecule has 0 spiro atoms. The largest absolute Gasteiger partial charge is 0.416 e. The number of alkyl halides is 4. The van der Waals surface area contributed by atoms with Crippen LogP contribution in [0.1, 0.15) is 36.5 Å². The molecule has 2 aromatic rings. The summed E-state index contributed by atoms with van der Waals surface area (Å²) in [5, 5.41) is 0.862. The van der Waals surface area contributed by atoms with E-state index in [1.54, 1.807) is 6.07 Å². The van der Waals surface area contributed by atoms with E-state index in [0.717, 1.165) is 22.8 Å². The van der Waals surface area contributed by atoms with Gasteiger partial charge in [0, 0.05) is 15.9 Å². The lowest BCUT2D eigenvalue weighted by Gasteiger charge is -2.15. The first-order valence-corrected chi connectivity index (χ1v) is 8.30. The molecule has 0 saturated carbocycles. The number of rotatable bonds is 3. The predicted octanol–water partition coefficient (Wildman–Crippen LogP) is 7.04. The summed E-state index contributed by atoms with van der Waals surface area (Å²) in [7, 11) is 0. The second-order valence-electron chi connectivity index (χ2n) is 5.40. The summed E-state index contributed by atoms with van der Waals surface area (Å²) >= 11 is 9.52. The summed E-state index contributed by atoms with van der Waals surface area (Å²) in [5.41, 5.74) is 2.49. The van der Waals surface area contributed by atoms with Crippen molar-refractivity contribution in [2.24, 2.45) is 0 Å². The van der Waals surface area contributed by atoms with Crippen molar-refractivity contribution in [2.45, 2.75) is 31.3 Å². The minimum absolute atomic E-state index is 0.317. The van der Waals surface area contributed by atoms with Crippen LogP contribution in [-0.2, 0) is 11.5 Å². The van der Waals surface area contributed by atoms with Crippen LogP contribution in [0, 0.1) is 0 Å². The molecule has 0 heterocycles. The van der Waals surface area contributed by atoms with E-state index in [1.807, 2.05) is 12.1 Å². The number of benzene rings is 2.